The topological polar surface area (TPSA) is 42.0 Å². The molecule has 0 unspecified atom stereocenters. The molecule has 3 atom stereocenters. The van der Waals surface area contributed by atoms with Crippen molar-refractivity contribution in [3.05, 3.63) is 0 Å². The van der Waals surface area contributed by atoms with Crippen LogP contribution in [-0.4, -0.2) is 73.9 Å². The highest BCUT2D eigenvalue weighted by Gasteiger charge is 2.43. The number of hydrogen-bond acceptors (Lipinski definition) is 4. The minimum atomic E-state index is -0.200. The fourth-order valence-corrected chi connectivity index (χ4v) is 4.86. The number of fused-ring (bicyclic) bond motifs is 1. The van der Waals surface area contributed by atoms with Gasteiger partial charge in [-0.05, 0) is 44.1 Å². The predicted octanol–water partition coefficient (Wildman–Crippen LogP) is 1.51. The lowest BCUT2D eigenvalue weighted by Crippen LogP contribution is -2.46. The van der Waals surface area contributed by atoms with E-state index in [0.29, 0.717) is 19.1 Å². The van der Waals surface area contributed by atoms with Gasteiger partial charge in [0.2, 0.25) is 0 Å². The van der Waals surface area contributed by atoms with Gasteiger partial charge in [0, 0.05) is 26.2 Å². The molecule has 4 fully saturated rings. The van der Waals surface area contributed by atoms with Crippen LogP contribution < -0.4 is 0 Å². The van der Waals surface area contributed by atoms with Gasteiger partial charge in [-0.3, -0.25) is 4.79 Å². The second kappa shape index (κ2) is 7.08. The summed E-state index contributed by atoms with van der Waals surface area (Å²) >= 11 is 0. The van der Waals surface area contributed by atoms with Crippen LogP contribution in [0.2, 0.25) is 0 Å². The highest BCUT2D eigenvalue weighted by Crippen LogP contribution is 2.35. The quantitative estimate of drug-likeness (QED) is 0.790. The summed E-state index contributed by atoms with van der Waals surface area (Å²) in [6, 6.07) is 0. The molecule has 130 valence electrons. The Morgan fingerprint density at radius 1 is 1.04 bits per heavy atom. The van der Waals surface area contributed by atoms with Gasteiger partial charge >= 0.3 is 0 Å². The van der Waals surface area contributed by atoms with E-state index in [-0.39, 0.29) is 18.1 Å². The molecule has 3 saturated heterocycles. The Kier molecular flexibility index (Phi) is 4.88. The lowest BCUT2D eigenvalue weighted by atomic mass is 9.91. The molecule has 4 aliphatic rings. The molecule has 1 saturated carbocycles. The molecule has 0 aromatic carbocycles. The van der Waals surface area contributed by atoms with Crippen molar-refractivity contribution >= 4 is 5.91 Å². The van der Waals surface area contributed by atoms with Gasteiger partial charge in [0.1, 0.15) is 6.10 Å². The predicted molar refractivity (Wildman–Crippen MR) is 87.2 cm³/mol. The van der Waals surface area contributed by atoms with Crippen LogP contribution in [0.25, 0.3) is 0 Å². The van der Waals surface area contributed by atoms with Crippen LogP contribution >= 0.6 is 0 Å². The van der Waals surface area contributed by atoms with Gasteiger partial charge in [0.25, 0.3) is 5.91 Å². The van der Waals surface area contributed by atoms with Crippen molar-refractivity contribution in [2.24, 2.45) is 11.8 Å². The van der Waals surface area contributed by atoms with E-state index < -0.39 is 0 Å². The van der Waals surface area contributed by atoms with Gasteiger partial charge in [-0.1, -0.05) is 12.8 Å². The maximum Gasteiger partial charge on any atom is 0.251 e. The summed E-state index contributed by atoms with van der Waals surface area (Å²) in [5.74, 6) is 1.69. The lowest BCUT2D eigenvalue weighted by molar-refractivity contribution is -0.147. The molecule has 0 radical (unpaired) electrons. The Balaban J connectivity index is 1.29. The molecule has 5 heteroatoms. The SMILES string of the molecule is O=C([C@@H]1C[C@H]2CCN(CC3CCCC3)C[C@@H]2O1)N1CCOCC1. The number of ether oxygens (including phenoxy) is 2. The van der Waals surface area contributed by atoms with Crippen molar-refractivity contribution in [2.75, 3.05) is 45.9 Å². The maximum absolute atomic E-state index is 12.6. The molecule has 0 N–H and O–H groups in total. The number of piperidine rings is 1. The van der Waals surface area contributed by atoms with Crippen LogP contribution in [0.5, 0.6) is 0 Å². The van der Waals surface area contributed by atoms with E-state index in [0.717, 1.165) is 32.0 Å². The first-order valence-corrected chi connectivity index (χ1v) is 9.54. The Hall–Kier alpha value is -0.650. The number of nitrogens with zero attached hydrogens (tertiary/aromatic N) is 2. The van der Waals surface area contributed by atoms with E-state index in [1.54, 1.807) is 0 Å². The molecular formula is C18H30N2O3. The highest BCUT2D eigenvalue weighted by molar-refractivity contribution is 5.81. The van der Waals surface area contributed by atoms with Gasteiger partial charge < -0.3 is 19.3 Å². The van der Waals surface area contributed by atoms with Gasteiger partial charge in [-0.25, -0.2) is 0 Å². The smallest absolute Gasteiger partial charge is 0.251 e. The summed E-state index contributed by atoms with van der Waals surface area (Å²) in [4.78, 5) is 17.2. The number of hydrogen-bond donors (Lipinski definition) is 0. The molecule has 1 aliphatic carbocycles. The summed E-state index contributed by atoms with van der Waals surface area (Å²) < 4.78 is 11.5. The van der Waals surface area contributed by atoms with Gasteiger partial charge in [0.15, 0.2) is 0 Å². The molecule has 5 nitrogen and oxygen atoms in total. The monoisotopic (exact) mass is 322 g/mol. The van der Waals surface area contributed by atoms with E-state index in [1.165, 1.54) is 45.2 Å². The zero-order chi connectivity index (χ0) is 15.6. The molecule has 0 aromatic heterocycles. The molecule has 0 aromatic rings. The molecule has 3 aliphatic heterocycles. The van der Waals surface area contributed by atoms with Crippen LogP contribution in [0.3, 0.4) is 0 Å². The Labute approximate surface area is 139 Å². The standard InChI is InChI=1S/C18H30N2O3/c21-18(20-7-9-22-10-8-20)16-11-15-5-6-19(13-17(15)23-16)12-14-3-1-2-4-14/h14-17H,1-13H2/t15-,16+,17+/m1/s1. The molecule has 1 amide bonds. The average Bonchev–Trinajstić information content (AvgIpc) is 3.24. The maximum atomic E-state index is 12.6. The number of amides is 1. The molecular weight excluding hydrogens is 292 g/mol. The highest BCUT2D eigenvalue weighted by atomic mass is 16.5. The van der Waals surface area contributed by atoms with Crippen LogP contribution in [0, 0.1) is 11.8 Å². The van der Waals surface area contributed by atoms with Crippen LogP contribution in [-0.2, 0) is 14.3 Å². The number of rotatable bonds is 3. The fraction of sp³-hybridized carbons (Fsp3) is 0.944. The van der Waals surface area contributed by atoms with Crippen LogP contribution in [0.15, 0.2) is 0 Å². The molecule has 23 heavy (non-hydrogen) atoms. The van der Waals surface area contributed by atoms with Gasteiger partial charge in [-0.15, -0.1) is 0 Å². The molecule has 3 heterocycles. The average molecular weight is 322 g/mol. The molecule has 4 rings (SSSR count). The number of carbonyl (C=O) groups is 1. The summed E-state index contributed by atoms with van der Waals surface area (Å²) in [7, 11) is 0. The van der Waals surface area contributed by atoms with Crippen molar-refractivity contribution in [3.63, 3.8) is 0 Å². The van der Waals surface area contributed by atoms with E-state index in [4.69, 9.17) is 9.47 Å². The van der Waals surface area contributed by atoms with Crippen molar-refractivity contribution in [2.45, 2.75) is 50.7 Å². The number of morpholine rings is 1. The third-order valence-electron chi connectivity index (χ3n) is 6.23. The minimum absolute atomic E-state index is 0.199. The Bertz CT molecular complexity index is 418. The van der Waals surface area contributed by atoms with Gasteiger partial charge in [0.05, 0.1) is 19.3 Å². The zero-order valence-electron chi connectivity index (χ0n) is 14.1. The van der Waals surface area contributed by atoms with Crippen molar-refractivity contribution in [3.8, 4) is 0 Å². The van der Waals surface area contributed by atoms with Crippen LogP contribution in [0.4, 0.5) is 0 Å². The largest absolute Gasteiger partial charge is 0.378 e. The molecule has 0 spiro atoms. The molecule has 0 bridgehead atoms. The van der Waals surface area contributed by atoms with E-state index in [1.807, 2.05) is 4.90 Å². The summed E-state index contributed by atoms with van der Waals surface area (Å²) in [5.41, 5.74) is 0. The van der Waals surface area contributed by atoms with Crippen molar-refractivity contribution < 1.29 is 14.3 Å². The third-order valence-corrected chi connectivity index (χ3v) is 6.23. The third kappa shape index (κ3) is 3.57. The van der Waals surface area contributed by atoms with Crippen LogP contribution in [0.1, 0.15) is 38.5 Å². The summed E-state index contributed by atoms with van der Waals surface area (Å²) in [5, 5.41) is 0. The van der Waals surface area contributed by atoms with Crippen molar-refractivity contribution in [1.82, 2.24) is 9.80 Å². The normalized spacial score (nSPS) is 36.3. The first kappa shape index (κ1) is 15.9. The second-order valence-corrected chi connectivity index (χ2v) is 7.80. The number of carbonyl (C=O) groups excluding carboxylic acids is 1. The van der Waals surface area contributed by atoms with Crippen molar-refractivity contribution in [1.29, 1.82) is 0 Å². The number of likely N-dealkylation sites (tertiary alicyclic amines) is 1. The lowest BCUT2D eigenvalue weighted by Gasteiger charge is -2.35. The zero-order valence-corrected chi connectivity index (χ0v) is 14.1. The Morgan fingerprint density at radius 2 is 1.83 bits per heavy atom. The summed E-state index contributed by atoms with van der Waals surface area (Å²) in [6.45, 7) is 6.26. The van der Waals surface area contributed by atoms with E-state index >= 15 is 0 Å². The van der Waals surface area contributed by atoms with E-state index in [9.17, 15) is 4.79 Å². The Morgan fingerprint density at radius 3 is 2.61 bits per heavy atom. The second-order valence-electron chi connectivity index (χ2n) is 7.80. The first-order valence-electron chi connectivity index (χ1n) is 9.54. The first-order chi connectivity index (χ1) is 11.3. The van der Waals surface area contributed by atoms with E-state index in [2.05, 4.69) is 4.90 Å². The minimum Gasteiger partial charge on any atom is -0.378 e. The summed E-state index contributed by atoms with van der Waals surface area (Å²) in [6.07, 6.45) is 7.85. The fourth-order valence-electron chi connectivity index (χ4n) is 4.86. The van der Waals surface area contributed by atoms with Gasteiger partial charge in [-0.2, -0.15) is 0 Å².